The van der Waals surface area contributed by atoms with Gasteiger partial charge in [0.1, 0.15) is 5.76 Å². The van der Waals surface area contributed by atoms with Gasteiger partial charge in [-0.3, -0.25) is 0 Å². The van der Waals surface area contributed by atoms with Crippen LogP contribution >= 0.6 is 11.8 Å². The molecular formula is C16H25NOS. The average Bonchev–Trinajstić information content (AvgIpc) is 3.02. The fourth-order valence-corrected chi connectivity index (χ4v) is 4.17. The number of hydrogen-bond donors (Lipinski definition) is 0. The average molecular weight is 279 g/mol. The minimum Gasteiger partial charge on any atom is -0.497 e. The molecule has 2 rings (SSSR count). The molecule has 0 bridgehead atoms. The summed E-state index contributed by atoms with van der Waals surface area (Å²) < 4.78 is 5.19. The Hall–Kier alpha value is -0.670. The van der Waals surface area contributed by atoms with Crippen LogP contribution in [0.4, 0.5) is 0 Å². The molecule has 0 N–H and O–H groups in total. The van der Waals surface area contributed by atoms with Gasteiger partial charge in [-0.1, -0.05) is 6.58 Å². The van der Waals surface area contributed by atoms with Crippen LogP contribution in [0.5, 0.6) is 0 Å². The number of nitrogens with zero attached hydrogens (tertiary/aromatic N) is 1. The molecule has 2 nitrogen and oxygen atoms in total. The molecule has 106 valence electrons. The molecule has 0 aromatic heterocycles. The van der Waals surface area contributed by atoms with E-state index in [-0.39, 0.29) is 0 Å². The second kappa shape index (κ2) is 7.20. The van der Waals surface area contributed by atoms with Crippen molar-refractivity contribution in [2.24, 2.45) is 5.92 Å². The highest BCUT2D eigenvalue weighted by molar-refractivity contribution is 8.03. The zero-order valence-corrected chi connectivity index (χ0v) is 12.9. The van der Waals surface area contributed by atoms with Gasteiger partial charge >= 0.3 is 0 Å². The first-order valence-electron chi connectivity index (χ1n) is 7.13. The van der Waals surface area contributed by atoms with Crippen LogP contribution in [-0.2, 0) is 4.74 Å². The molecule has 2 aliphatic rings. The van der Waals surface area contributed by atoms with Crippen molar-refractivity contribution < 1.29 is 4.74 Å². The smallest absolute Gasteiger partial charge is 0.118 e. The number of thioether (sulfide) groups is 1. The van der Waals surface area contributed by atoms with E-state index in [0.29, 0.717) is 0 Å². The molecule has 2 atom stereocenters. The topological polar surface area (TPSA) is 12.5 Å². The number of ether oxygens (including phenoxy) is 1. The Bertz CT molecular complexity index is 375. The Labute approximate surface area is 121 Å². The number of hydrogen-bond acceptors (Lipinski definition) is 3. The van der Waals surface area contributed by atoms with Crippen molar-refractivity contribution >= 4 is 11.8 Å². The van der Waals surface area contributed by atoms with Gasteiger partial charge in [-0.15, -0.1) is 11.8 Å². The Balaban J connectivity index is 1.84. The largest absolute Gasteiger partial charge is 0.497 e. The fourth-order valence-electron chi connectivity index (χ4n) is 2.95. The summed E-state index contributed by atoms with van der Waals surface area (Å²) in [7, 11) is 3.96. The van der Waals surface area contributed by atoms with E-state index in [4.69, 9.17) is 4.74 Å². The summed E-state index contributed by atoms with van der Waals surface area (Å²) in [6.45, 7) is 5.02. The molecule has 0 radical (unpaired) electrons. The zero-order chi connectivity index (χ0) is 13.7. The van der Waals surface area contributed by atoms with Gasteiger partial charge in [0.2, 0.25) is 0 Å². The number of methoxy groups -OCH3 is 1. The minimum absolute atomic E-state index is 0.822. The Kier molecular flexibility index (Phi) is 5.59. The quantitative estimate of drug-likeness (QED) is 0.561. The Morgan fingerprint density at radius 3 is 3.05 bits per heavy atom. The molecule has 2 unspecified atom stereocenters. The molecule has 0 aliphatic carbocycles. The lowest BCUT2D eigenvalue weighted by molar-refractivity contribution is 0.270. The van der Waals surface area contributed by atoms with Gasteiger partial charge in [0.25, 0.3) is 0 Å². The molecule has 2 heterocycles. The summed E-state index contributed by atoms with van der Waals surface area (Å²) in [5.74, 6) is 2.97. The minimum atomic E-state index is 0.822. The van der Waals surface area contributed by atoms with E-state index in [1.54, 1.807) is 13.2 Å². The summed E-state index contributed by atoms with van der Waals surface area (Å²) in [4.78, 5) is 4.02. The van der Waals surface area contributed by atoms with Crippen molar-refractivity contribution in [3.63, 3.8) is 0 Å². The van der Waals surface area contributed by atoms with Crippen LogP contribution in [0.2, 0.25) is 0 Å². The van der Waals surface area contributed by atoms with Crippen LogP contribution in [0.3, 0.4) is 0 Å². The van der Waals surface area contributed by atoms with Gasteiger partial charge in [-0.05, 0) is 68.3 Å². The van der Waals surface area contributed by atoms with Gasteiger partial charge < -0.3 is 9.64 Å². The summed E-state index contributed by atoms with van der Waals surface area (Å²) >= 11 is 2.01. The maximum Gasteiger partial charge on any atom is 0.118 e. The van der Waals surface area contributed by atoms with E-state index >= 15 is 0 Å². The third-order valence-corrected chi connectivity index (χ3v) is 5.45. The van der Waals surface area contributed by atoms with Crippen LogP contribution in [0.25, 0.3) is 0 Å². The monoisotopic (exact) mass is 279 g/mol. The first-order chi connectivity index (χ1) is 9.22. The van der Waals surface area contributed by atoms with Crippen LogP contribution in [-0.4, -0.2) is 37.4 Å². The molecule has 3 heteroatoms. The van der Waals surface area contributed by atoms with Gasteiger partial charge in [0.05, 0.1) is 7.11 Å². The van der Waals surface area contributed by atoms with E-state index in [1.165, 1.54) is 42.9 Å². The van der Waals surface area contributed by atoms with Gasteiger partial charge in [0, 0.05) is 11.8 Å². The van der Waals surface area contributed by atoms with E-state index in [0.717, 1.165) is 17.7 Å². The van der Waals surface area contributed by atoms with Gasteiger partial charge in [-0.2, -0.15) is 0 Å². The fraction of sp³-hybridized carbons (Fsp3) is 0.625. The number of rotatable bonds is 5. The van der Waals surface area contributed by atoms with Crippen LogP contribution in [0, 0.1) is 5.92 Å². The summed E-state index contributed by atoms with van der Waals surface area (Å²) in [5, 5.41) is 0. The summed E-state index contributed by atoms with van der Waals surface area (Å²) in [6.07, 6.45) is 11.3. The number of allylic oxidation sites excluding steroid dienone is 4. The third kappa shape index (κ3) is 4.15. The highest BCUT2D eigenvalue weighted by atomic mass is 32.2. The molecule has 19 heavy (non-hydrogen) atoms. The number of likely N-dealkylation sites (tertiary alicyclic amines) is 1. The first-order valence-corrected chi connectivity index (χ1v) is 8.11. The molecule has 0 spiro atoms. The second-order valence-electron chi connectivity index (χ2n) is 5.50. The van der Waals surface area contributed by atoms with Crippen LogP contribution < -0.4 is 0 Å². The van der Waals surface area contributed by atoms with Crippen molar-refractivity contribution in [2.45, 2.75) is 31.7 Å². The van der Waals surface area contributed by atoms with Crippen molar-refractivity contribution in [1.29, 1.82) is 0 Å². The lowest BCUT2D eigenvalue weighted by Crippen LogP contribution is -2.27. The van der Waals surface area contributed by atoms with Crippen LogP contribution in [0.15, 0.2) is 35.5 Å². The van der Waals surface area contributed by atoms with E-state index < -0.39 is 0 Å². The van der Waals surface area contributed by atoms with Crippen molar-refractivity contribution in [2.75, 3.05) is 26.5 Å². The summed E-state index contributed by atoms with van der Waals surface area (Å²) in [6, 6.07) is 0.822. The lowest BCUT2D eigenvalue weighted by Gasteiger charge is -2.22. The highest BCUT2D eigenvalue weighted by Gasteiger charge is 2.27. The molecule has 0 aromatic carbocycles. The molecule has 2 saturated heterocycles. The normalized spacial score (nSPS) is 31.1. The van der Waals surface area contributed by atoms with E-state index in [2.05, 4.69) is 24.6 Å². The first kappa shape index (κ1) is 14.7. The molecule has 2 aliphatic heterocycles. The second-order valence-corrected chi connectivity index (χ2v) is 6.65. The molecule has 0 saturated carbocycles. The van der Waals surface area contributed by atoms with E-state index in [1.807, 2.05) is 17.8 Å². The van der Waals surface area contributed by atoms with Crippen molar-refractivity contribution in [3.8, 4) is 0 Å². The SMILES string of the molecule is C=C/C(=C\C=C1/CC(CC2CCCN2C)CS1)OC. The third-order valence-electron chi connectivity index (χ3n) is 4.14. The maximum atomic E-state index is 5.19. The lowest BCUT2D eigenvalue weighted by atomic mass is 9.97. The summed E-state index contributed by atoms with van der Waals surface area (Å²) in [5.41, 5.74) is 0. The highest BCUT2D eigenvalue weighted by Crippen LogP contribution is 2.39. The van der Waals surface area contributed by atoms with Gasteiger partial charge in [0.15, 0.2) is 0 Å². The maximum absolute atomic E-state index is 5.19. The van der Waals surface area contributed by atoms with Crippen molar-refractivity contribution in [3.05, 3.63) is 35.5 Å². The predicted molar refractivity (Wildman–Crippen MR) is 84.2 cm³/mol. The van der Waals surface area contributed by atoms with E-state index in [9.17, 15) is 0 Å². The van der Waals surface area contributed by atoms with Crippen LogP contribution in [0.1, 0.15) is 25.7 Å². The van der Waals surface area contributed by atoms with Gasteiger partial charge in [-0.25, -0.2) is 0 Å². The predicted octanol–water partition coefficient (Wildman–Crippen LogP) is 3.82. The Morgan fingerprint density at radius 2 is 2.42 bits per heavy atom. The molecule has 0 amide bonds. The van der Waals surface area contributed by atoms with Crippen molar-refractivity contribution in [1.82, 2.24) is 4.90 Å². The molecule has 2 fully saturated rings. The Morgan fingerprint density at radius 1 is 1.58 bits per heavy atom. The molecule has 0 aromatic rings. The zero-order valence-electron chi connectivity index (χ0n) is 12.1. The molecular weight excluding hydrogens is 254 g/mol. The standard InChI is InChI=1S/C16H25NOS/c1-4-15(18-3)7-8-16-11-13(12-19-16)10-14-6-5-9-17(14)2/h4,7-8,13-14H,1,5-6,9-12H2,2-3H3/b15-7+,16-8+.